The van der Waals surface area contributed by atoms with Crippen LogP contribution in [0.1, 0.15) is 48.4 Å². The van der Waals surface area contributed by atoms with Crippen molar-refractivity contribution in [3.8, 4) is 11.3 Å². The average Bonchev–Trinajstić information content (AvgIpc) is 3.10. The lowest BCUT2D eigenvalue weighted by Gasteiger charge is -2.38. The molecule has 2 aliphatic rings. The fourth-order valence-corrected chi connectivity index (χ4v) is 5.17. The van der Waals surface area contributed by atoms with Crippen molar-refractivity contribution in [1.29, 1.82) is 0 Å². The van der Waals surface area contributed by atoms with Gasteiger partial charge in [0.15, 0.2) is 5.65 Å². The Hall–Kier alpha value is -1.88. The summed E-state index contributed by atoms with van der Waals surface area (Å²) in [4.78, 5) is 5.05. The van der Waals surface area contributed by atoms with E-state index in [-0.39, 0.29) is 11.5 Å². The number of fused-ring (bicyclic) bond motifs is 1. The summed E-state index contributed by atoms with van der Waals surface area (Å²) in [5.74, 6) is 0.253. The van der Waals surface area contributed by atoms with Crippen LogP contribution in [0.15, 0.2) is 59.2 Å². The molecule has 2 aromatic heterocycles. The molecule has 0 spiro atoms. The molecule has 0 saturated heterocycles. The lowest BCUT2D eigenvalue weighted by molar-refractivity contribution is 0.253. The van der Waals surface area contributed by atoms with Gasteiger partial charge in [-0.2, -0.15) is 0 Å². The lowest BCUT2D eigenvalue weighted by Crippen LogP contribution is -2.43. The number of imidazole rings is 1. The van der Waals surface area contributed by atoms with Crippen LogP contribution in [0, 0.1) is 6.92 Å². The van der Waals surface area contributed by atoms with Crippen molar-refractivity contribution in [3.05, 3.63) is 81.1 Å². The number of aromatic nitrogens is 2. The zero-order chi connectivity index (χ0) is 20.2. The van der Waals surface area contributed by atoms with E-state index in [1.807, 2.05) is 13.1 Å². The molecule has 1 atom stereocenters. The second kappa shape index (κ2) is 7.12. The zero-order valence-electron chi connectivity index (χ0n) is 16.3. The molecule has 1 saturated carbocycles. The number of hydrogen-bond donors (Lipinski definition) is 1. The molecule has 29 heavy (non-hydrogen) atoms. The predicted molar refractivity (Wildman–Crippen MR) is 123 cm³/mol. The van der Waals surface area contributed by atoms with Crippen molar-refractivity contribution in [2.24, 2.45) is 5.73 Å². The Labute approximate surface area is 184 Å². The summed E-state index contributed by atoms with van der Waals surface area (Å²) in [6, 6.07) is 8.68. The second-order valence-corrected chi connectivity index (χ2v) is 9.40. The maximum atomic E-state index is 6.53. The van der Waals surface area contributed by atoms with Crippen LogP contribution in [0.3, 0.4) is 0 Å². The molecule has 3 nitrogen and oxygen atoms in total. The summed E-state index contributed by atoms with van der Waals surface area (Å²) < 4.78 is 3.09. The zero-order valence-corrected chi connectivity index (χ0v) is 18.7. The van der Waals surface area contributed by atoms with Gasteiger partial charge in [0.1, 0.15) is 0 Å². The summed E-state index contributed by atoms with van der Waals surface area (Å²) in [6.07, 6.45) is 14.9. The molecule has 5 heteroatoms. The van der Waals surface area contributed by atoms with Crippen molar-refractivity contribution in [3.63, 3.8) is 0 Å². The molecular formula is C24H23BrClN3. The van der Waals surface area contributed by atoms with E-state index >= 15 is 0 Å². The first-order valence-corrected chi connectivity index (χ1v) is 11.2. The van der Waals surface area contributed by atoms with Crippen LogP contribution in [-0.4, -0.2) is 9.38 Å². The number of rotatable bonds is 3. The van der Waals surface area contributed by atoms with Crippen LogP contribution in [-0.2, 0) is 5.54 Å². The number of nitrogens with two attached hydrogens (primary N) is 1. The topological polar surface area (TPSA) is 43.3 Å². The van der Waals surface area contributed by atoms with Crippen LogP contribution in [0.4, 0.5) is 0 Å². The van der Waals surface area contributed by atoms with Crippen LogP contribution in [0.5, 0.6) is 0 Å². The highest BCUT2D eigenvalue weighted by Crippen LogP contribution is 2.41. The van der Waals surface area contributed by atoms with E-state index in [2.05, 4.69) is 68.9 Å². The highest BCUT2D eigenvalue weighted by Gasteiger charge is 2.34. The van der Waals surface area contributed by atoms with E-state index in [0.29, 0.717) is 0 Å². The minimum absolute atomic E-state index is 0.148. The van der Waals surface area contributed by atoms with Gasteiger partial charge in [0.05, 0.1) is 20.9 Å². The van der Waals surface area contributed by atoms with Gasteiger partial charge in [0, 0.05) is 23.2 Å². The van der Waals surface area contributed by atoms with Gasteiger partial charge in [-0.15, -0.1) is 0 Å². The maximum absolute atomic E-state index is 6.53. The molecule has 5 rings (SSSR count). The summed E-state index contributed by atoms with van der Waals surface area (Å²) in [6.45, 7) is 2.01. The average molecular weight is 469 g/mol. The molecule has 148 valence electrons. The molecule has 3 aromatic rings. The number of allylic oxidation sites excluding steroid dienone is 4. The standard InChI is InChI=1S/C24H23BrClN3/c1-15-19(26)14-29-22(17-6-3-2-4-7-17)21(28-23(29)20(15)25)16-8-10-18(11-9-16)24(27)12-5-13-24/h2-4,6,8-11,14,17H,5,7,12-13,27H2,1H3. The van der Waals surface area contributed by atoms with Crippen LogP contribution in [0.25, 0.3) is 16.9 Å². The van der Waals surface area contributed by atoms with Crippen molar-refractivity contribution >= 4 is 33.2 Å². The molecule has 2 N–H and O–H groups in total. The van der Waals surface area contributed by atoms with Gasteiger partial charge in [-0.05, 0) is 59.7 Å². The van der Waals surface area contributed by atoms with Gasteiger partial charge in [-0.25, -0.2) is 4.98 Å². The quantitative estimate of drug-likeness (QED) is 0.467. The second-order valence-electron chi connectivity index (χ2n) is 8.20. The van der Waals surface area contributed by atoms with Crippen LogP contribution in [0.2, 0.25) is 5.02 Å². The largest absolute Gasteiger partial charge is 0.321 e. The van der Waals surface area contributed by atoms with Crippen molar-refractivity contribution in [1.82, 2.24) is 9.38 Å². The van der Waals surface area contributed by atoms with E-state index in [1.165, 1.54) is 17.7 Å². The summed E-state index contributed by atoms with van der Waals surface area (Å²) >= 11 is 10.2. The number of benzene rings is 1. The fourth-order valence-electron chi connectivity index (χ4n) is 4.37. The minimum atomic E-state index is -0.148. The Morgan fingerprint density at radius 3 is 2.59 bits per heavy atom. The van der Waals surface area contributed by atoms with Gasteiger partial charge in [-0.1, -0.05) is 60.2 Å². The predicted octanol–water partition coefficient (Wildman–Crippen LogP) is 6.66. The summed E-state index contributed by atoms with van der Waals surface area (Å²) in [5.41, 5.74) is 12.8. The molecule has 1 aromatic carbocycles. The smallest absolute Gasteiger partial charge is 0.152 e. The van der Waals surface area contributed by atoms with Gasteiger partial charge in [0.2, 0.25) is 0 Å². The Morgan fingerprint density at radius 1 is 1.21 bits per heavy atom. The molecule has 0 bridgehead atoms. The maximum Gasteiger partial charge on any atom is 0.152 e. The van der Waals surface area contributed by atoms with Crippen LogP contribution < -0.4 is 5.73 Å². The van der Waals surface area contributed by atoms with E-state index in [0.717, 1.165) is 51.2 Å². The third kappa shape index (κ3) is 3.09. The molecular weight excluding hydrogens is 446 g/mol. The number of nitrogens with zero attached hydrogens (tertiary/aromatic N) is 2. The molecule has 0 aliphatic heterocycles. The third-order valence-electron chi connectivity index (χ3n) is 6.39. The Kier molecular flexibility index (Phi) is 4.69. The van der Waals surface area contributed by atoms with E-state index in [9.17, 15) is 0 Å². The summed E-state index contributed by atoms with van der Waals surface area (Å²) in [7, 11) is 0. The van der Waals surface area contributed by atoms with Crippen molar-refractivity contribution in [2.75, 3.05) is 0 Å². The number of pyridine rings is 1. The molecule has 0 radical (unpaired) electrons. The Balaban J connectivity index is 1.69. The van der Waals surface area contributed by atoms with Gasteiger partial charge in [-0.3, -0.25) is 0 Å². The Bertz CT molecular complexity index is 1150. The monoisotopic (exact) mass is 467 g/mol. The molecule has 2 heterocycles. The third-order valence-corrected chi connectivity index (χ3v) is 7.72. The number of halogens is 2. The van der Waals surface area contributed by atoms with Crippen LogP contribution >= 0.6 is 27.5 Å². The van der Waals surface area contributed by atoms with Crippen molar-refractivity contribution in [2.45, 2.75) is 44.1 Å². The lowest BCUT2D eigenvalue weighted by atomic mass is 9.72. The molecule has 1 fully saturated rings. The molecule has 1 unspecified atom stereocenters. The molecule has 0 amide bonds. The molecule has 2 aliphatic carbocycles. The van der Waals surface area contributed by atoms with Gasteiger partial charge < -0.3 is 10.1 Å². The van der Waals surface area contributed by atoms with E-state index in [1.54, 1.807) is 0 Å². The highest BCUT2D eigenvalue weighted by atomic mass is 79.9. The van der Waals surface area contributed by atoms with Gasteiger partial charge >= 0.3 is 0 Å². The SMILES string of the molecule is Cc1c(Cl)cn2c(C3C=CC=CC3)c(-c3ccc(C4(N)CCC4)cc3)nc2c1Br. The first-order chi connectivity index (χ1) is 14.0. The van der Waals surface area contributed by atoms with E-state index in [4.69, 9.17) is 22.3 Å². The van der Waals surface area contributed by atoms with Crippen molar-refractivity contribution < 1.29 is 0 Å². The number of hydrogen-bond acceptors (Lipinski definition) is 2. The van der Waals surface area contributed by atoms with E-state index < -0.39 is 0 Å². The highest BCUT2D eigenvalue weighted by molar-refractivity contribution is 9.10. The minimum Gasteiger partial charge on any atom is -0.321 e. The normalized spacial score (nSPS) is 20.2. The fraction of sp³-hybridized carbons (Fsp3) is 0.292. The van der Waals surface area contributed by atoms with Gasteiger partial charge in [0.25, 0.3) is 0 Å². The first-order valence-electron chi connectivity index (χ1n) is 10.1. The Morgan fingerprint density at radius 2 is 1.97 bits per heavy atom. The summed E-state index contributed by atoms with van der Waals surface area (Å²) in [5, 5.41) is 0.732. The first kappa shape index (κ1) is 19.1.